The first-order valence-electron chi connectivity index (χ1n) is 9.21. The van der Waals surface area contributed by atoms with Gasteiger partial charge in [-0.05, 0) is 24.5 Å². The number of aromatic amines is 1. The predicted molar refractivity (Wildman–Crippen MR) is 106 cm³/mol. The number of hydrogen-bond acceptors (Lipinski definition) is 9. The molecule has 2 aliphatic rings. The number of aliphatic hydroxyl groups is 1. The summed E-state index contributed by atoms with van der Waals surface area (Å²) < 4.78 is 35.6. The number of hydrogen-bond donors (Lipinski definition) is 5. The van der Waals surface area contributed by atoms with Gasteiger partial charge in [0.15, 0.2) is 5.82 Å². The van der Waals surface area contributed by atoms with Gasteiger partial charge in [0.05, 0.1) is 13.3 Å². The summed E-state index contributed by atoms with van der Waals surface area (Å²) in [6, 6.07) is 4.61. The summed E-state index contributed by atoms with van der Waals surface area (Å²) in [6.07, 6.45) is 0.570. The molecule has 1 saturated carbocycles. The van der Waals surface area contributed by atoms with Crippen molar-refractivity contribution < 1.29 is 28.0 Å². The van der Waals surface area contributed by atoms with Crippen molar-refractivity contribution in [3.63, 3.8) is 0 Å². The third kappa shape index (κ3) is 3.99. The van der Waals surface area contributed by atoms with Gasteiger partial charge in [0.1, 0.15) is 17.3 Å². The second-order valence-electron chi connectivity index (χ2n) is 7.18. The highest BCUT2D eigenvalue weighted by atomic mass is 31.2. The maximum absolute atomic E-state index is 13.2. The van der Waals surface area contributed by atoms with Crippen molar-refractivity contribution in [3.8, 4) is 5.75 Å². The Morgan fingerprint density at radius 3 is 2.97 bits per heavy atom. The maximum Gasteiger partial charge on any atom is 0.527 e. The molecule has 1 aliphatic heterocycles. The van der Waals surface area contributed by atoms with Gasteiger partial charge in [0.2, 0.25) is 5.95 Å². The number of nitrogens with two attached hydrogens (primary N) is 1. The van der Waals surface area contributed by atoms with Gasteiger partial charge in [-0.15, -0.1) is 0 Å². The molecule has 4 unspecified atom stereocenters. The molecular weight excluding hydrogens is 420 g/mol. The lowest BCUT2D eigenvalue weighted by Gasteiger charge is -2.48. The van der Waals surface area contributed by atoms with E-state index in [2.05, 4.69) is 15.3 Å². The molecule has 0 amide bonds. The number of H-pyrrole nitrogens is 1. The van der Waals surface area contributed by atoms with Crippen LogP contribution in [0.3, 0.4) is 0 Å². The lowest BCUT2D eigenvalue weighted by molar-refractivity contribution is 0.0217. The average Bonchev–Trinajstić information content (AvgIpc) is 3.04. The summed E-state index contributed by atoms with van der Waals surface area (Å²) >= 11 is 0. The van der Waals surface area contributed by atoms with E-state index >= 15 is 0 Å². The Morgan fingerprint density at radius 2 is 2.23 bits per heavy atom. The van der Waals surface area contributed by atoms with Crippen LogP contribution in [-0.4, -0.2) is 45.9 Å². The van der Waals surface area contributed by atoms with Crippen molar-refractivity contribution >= 4 is 25.3 Å². The summed E-state index contributed by atoms with van der Waals surface area (Å²) in [6.45, 7) is -0.0294. The smallest absolute Gasteiger partial charge is 0.404 e. The van der Waals surface area contributed by atoms with Gasteiger partial charge in [0, 0.05) is 24.6 Å². The minimum Gasteiger partial charge on any atom is -0.404 e. The minimum absolute atomic E-state index is 0.0263. The van der Waals surface area contributed by atoms with Gasteiger partial charge in [-0.2, -0.15) is 4.98 Å². The van der Waals surface area contributed by atoms with Gasteiger partial charge >= 0.3 is 7.82 Å². The fraction of sp³-hybridized carbons (Fsp3) is 0.412. The zero-order valence-electron chi connectivity index (χ0n) is 15.7. The zero-order valence-corrected chi connectivity index (χ0v) is 16.6. The molecule has 2 aromatic rings. The van der Waals surface area contributed by atoms with E-state index in [0.29, 0.717) is 24.6 Å². The van der Waals surface area contributed by atoms with E-state index in [0.717, 1.165) is 6.07 Å². The van der Waals surface area contributed by atoms with Crippen molar-refractivity contribution in [1.29, 1.82) is 0 Å². The average molecular weight is 441 g/mol. The molecule has 4 rings (SSSR count). The third-order valence-corrected chi connectivity index (χ3v) is 6.26. The van der Waals surface area contributed by atoms with Crippen LogP contribution < -0.4 is 26.0 Å². The predicted octanol–water partition coefficient (Wildman–Crippen LogP) is 0.874. The van der Waals surface area contributed by atoms with Crippen molar-refractivity contribution in [2.75, 3.05) is 35.8 Å². The van der Waals surface area contributed by atoms with Crippen LogP contribution in [0.4, 0.5) is 21.8 Å². The lowest BCUT2D eigenvalue weighted by atomic mass is 9.69. The number of fused-ring (bicyclic) bond motifs is 1. The molecule has 6 N–H and O–H groups in total. The largest absolute Gasteiger partial charge is 0.527 e. The molecule has 11 nitrogen and oxygen atoms in total. The summed E-state index contributed by atoms with van der Waals surface area (Å²) in [5, 5.41) is 12.6. The monoisotopic (exact) mass is 441 g/mol. The van der Waals surface area contributed by atoms with Crippen LogP contribution >= 0.6 is 7.82 Å². The summed E-state index contributed by atoms with van der Waals surface area (Å²) in [7, 11) is -4.52. The number of nitrogen functional groups attached to an aromatic ring is 1. The van der Waals surface area contributed by atoms with Crippen LogP contribution in [0, 0.1) is 17.7 Å². The SMILES string of the molecule is Nc1nc2c(c(=O)[nH]1)NCN2C1CC(CO)C1COP(=O)(O)Oc1cccc(F)c1. The molecule has 1 aromatic heterocycles. The van der Waals surface area contributed by atoms with E-state index in [9.17, 15) is 23.7 Å². The van der Waals surface area contributed by atoms with E-state index in [1.54, 1.807) is 0 Å². The summed E-state index contributed by atoms with van der Waals surface area (Å²) in [4.78, 5) is 30.4. The van der Waals surface area contributed by atoms with E-state index < -0.39 is 19.2 Å². The highest BCUT2D eigenvalue weighted by Crippen LogP contribution is 2.48. The Kier molecular flexibility index (Phi) is 5.41. The Balaban J connectivity index is 1.46. The van der Waals surface area contributed by atoms with Crippen LogP contribution in [0.5, 0.6) is 5.75 Å². The minimum atomic E-state index is -4.52. The molecule has 30 heavy (non-hydrogen) atoms. The molecule has 1 fully saturated rings. The van der Waals surface area contributed by atoms with Crippen molar-refractivity contribution in [1.82, 2.24) is 9.97 Å². The second kappa shape index (κ2) is 7.88. The van der Waals surface area contributed by atoms with Crippen molar-refractivity contribution in [3.05, 3.63) is 40.4 Å². The van der Waals surface area contributed by atoms with Crippen molar-refractivity contribution in [2.45, 2.75) is 12.5 Å². The number of rotatable bonds is 7. The topological polar surface area (TPSA) is 163 Å². The number of aliphatic hydroxyl groups excluding tert-OH is 1. The van der Waals surface area contributed by atoms with Gasteiger partial charge in [-0.3, -0.25) is 19.2 Å². The Hall–Kier alpha value is -2.66. The molecule has 13 heteroatoms. The van der Waals surface area contributed by atoms with E-state index in [-0.39, 0.29) is 42.8 Å². The Labute approximate surface area is 170 Å². The summed E-state index contributed by atoms with van der Waals surface area (Å²) in [5.41, 5.74) is 5.54. The number of aromatic nitrogens is 2. The zero-order chi connectivity index (χ0) is 21.5. The molecule has 162 valence electrons. The Morgan fingerprint density at radius 1 is 1.43 bits per heavy atom. The van der Waals surface area contributed by atoms with Gasteiger partial charge < -0.3 is 25.6 Å². The number of nitrogens with one attached hydrogen (secondary N) is 2. The fourth-order valence-electron chi connectivity index (χ4n) is 3.82. The standard InChI is InChI=1S/C17H21FN5O6P/c18-10-2-1-3-11(5-10)29-30(26,27)28-7-12-9(6-24)4-13(12)23-8-20-14-15(23)21-17(19)22-16(14)25/h1-3,5,9,12-13,20,24H,4,6-8H2,(H,26,27)(H3,19,21,22,25). The highest BCUT2D eigenvalue weighted by molar-refractivity contribution is 7.47. The normalized spacial score (nSPS) is 24.5. The molecule has 0 saturated heterocycles. The summed E-state index contributed by atoms with van der Waals surface area (Å²) in [5.74, 6) is -0.906. The van der Waals surface area contributed by atoms with E-state index in [1.165, 1.54) is 18.2 Å². The fourth-order valence-corrected chi connectivity index (χ4v) is 4.61. The molecule has 1 aromatic carbocycles. The maximum atomic E-state index is 13.2. The van der Waals surface area contributed by atoms with Crippen LogP contribution in [0.15, 0.2) is 29.1 Å². The second-order valence-corrected chi connectivity index (χ2v) is 8.55. The molecule has 2 heterocycles. The third-order valence-electron chi connectivity index (χ3n) is 5.34. The number of phosphoric acid groups is 1. The van der Waals surface area contributed by atoms with E-state index in [1.807, 2.05) is 4.90 Å². The molecule has 0 radical (unpaired) electrons. The first kappa shape index (κ1) is 20.6. The number of phosphoric ester groups is 1. The van der Waals surface area contributed by atoms with Crippen LogP contribution in [-0.2, 0) is 9.09 Å². The molecule has 0 bridgehead atoms. The van der Waals surface area contributed by atoms with Crippen LogP contribution in [0.2, 0.25) is 0 Å². The molecule has 1 aliphatic carbocycles. The van der Waals surface area contributed by atoms with Crippen LogP contribution in [0.25, 0.3) is 0 Å². The van der Waals surface area contributed by atoms with E-state index in [4.69, 9.17) is 14.8 Å². The van der Waals surface area contributed by atoms with Crippen LogP contribution in [0.1, 0.15) is 6.42 Å². The first-order chi connectivity index (χ1) is 14.3. The number of benzene rings is 1. The Bertz CT molecular complexity index is 1050. The first-order valence-corrected chi connectivity index (χ1v) is 10.7. The van der Waals surface area contributed by atoms with Gasteiger partial charge in [-0.1, -0.05) is 6.07 Å². The van der Waals surface area contributed by atoms with Crippen molar-refractivity contribution in [2.24, 2.45) is 11.8 Å². The molecular formula is C17H21FN5O6P. The quantitative estimate of drug-likeness (QED) is 0.390. The number of nitrogens with zero attached hydrogens (tertiary/aromatic N) is 2. The lowest BCUT2D eigenvalue weighted by Crippen LogP contribution is -2.55. The molecule has 0 spiro atoms. The molecule has 4 atom stereocenters. The van der Waals surface area contributed by atoms with Gasteiger partial charge in [-0.25, -0.2) is 8.96 Å². The highest BCUT2D eigenvalue weighted by Gasteiger charge is 2.47. The van der Waals surface area contributed by atoms with Gasteiger partial charge in [0.25, 0.3) is 5.56 Å². The number of halogens is 1. The number of anilines is 3.